The Morgan fingerprint density at radius 1 is 0.886 bits per heavy atom. The third kappa shape index (κ3) is 15.5. The number of imidazole rings is 1. The van der Waals surface area contributed by atoms with E-state index in [0.717, 1.165) is 32.1 Å². The molecule has 0 spiro atoms. The Kier molecular flexibility index (Phi) is 14.0. The molecule has 2 aliphatic rings. The lowest BCUT2D eigenvalue weighted by Crippen LogP contribution is -2.34. The van der Waals surface area contributed by atoms with Crippen molar-refractivity contribution in [2.75, 3.05) is 20.1 Å². The molecule has 0 unspecified atom stereocenters. The van der Waals surface area contributed by atoms with E-state index in [9.17, 15) is 39.5 Å². The smallest absolute Gasteiger partial charge is 0.475 e. The van der Waals surface area contributed by atoms with Crippen molar-refractivity contribution >= 4 is 17.9 Å². The molecule has 20 heteroatoms. The van der Waals surface area contributed by atoms with Gasteiger partial charge in [-0.05, 0) is 37.4 Å². The molecule has 4 rings (SSSR count). The van der Waals surface area contributed by atoms with Crippen molar-refractivity contribution in [2.24, 2.45) is 5.92 Å². The minimum Gasteiger partial charge on any atom is -0.475 e. The fourth-order valence-corrected chi connectivity index (χ4v) is 3.39. The first-order valence-corrected chi connectivity index (χ1v) is 12.3. The molecule has 1 aliphatic heterocycles. The van der Waals surface area contributed by atoms with E-state index in [1.807, 2.05) is 18.5 Å². The molecule has 2 aromatic rings. The van der Waals surface area contributed by atoms with E-state index in [1.165, 1.54) is 43.0 Å². The number of carboxylic acids is 3. The van der Waals surface area contributed by atoms with Crippen LogP contribution in [0, 0.1) is 5.92 Å². The highest BCUT2D eigenvalue weighted by molar-refractivity contribution is 5.73. The number of aromatic nitrogens is 3. The molecular weight excluding hydrogens is 625 g/mol. The first-order chi connectivity index (χ1) is 20.1. The Bertz CT molecular complexity index is 1160. The number of nitrogens with zero attached hydrogens (tertiary/aromatic N) is 5. The van der Waals surface area contributed by atoms with Gasteiger partial charge in [0.05, 0.1) is 12.2 Å². The van der Waals surface area contributed by atoms with Crippen LogP contribution in [0.5, 0.6) is 0 Å². The minimum atomic E-state index is -5.08. The van der Waals surface area contributed by atoms with Gasteiger partial charge >= 0.3 is 36.4 Å². The van der Waals surface area contributed by atoms with Crippen molar-refractivity contribution in [3.63, 3.8) is 0 Å². The Hall–Kier alpha value is -3.94. The Morgan fingerprint density at radius 3 is 1.80 bits per heavy atom. The van der Waals surface area contributed by atoms with Crippen LogP contribution >= 0.6 is 0 Å². The molecule has 11 nitrogen and oxygen atoms in total. The summed E-state index contributed by atoms with van der Waals surface area (Å²) < 4.78 is 97.6. The molecule has 1 aliphatic carbocycles. The Labute approximate surface area is 243 Å². The summed E-state index contributed by atoms with van der Waals surface area (Å²) in [5, 5.41) is 21.4. The number of carbonyl (C=O) groups is 3. The lowest BCUT2D eigenvalue weighted by molar-refractivity contribution is -0.193. The topological polar surface area (TPSA) is 149 Å². The highest BCUT2D eigenvalue weighted by atomic mass is 19.4. The molecule has 248 valence electrons. The molecular formula is C24H28F9N5O6. The molecule has 44 heavy (non-hydrogen) atoms. The van der Waals surface area contributed by atoms with Gasteiger partial charge in [-0.15, -0.1) is 0 Å². The van der Waals surface area contributed by atoms with Gasteiger partial charge in [0.1, 0.15) is 5.82 Å². The maximum absolute atomic E-state index is 10.6. The monoisotopic (exact) mass is 653 g/mol. The van der Waals surface area contributed by atoms with Crippen LogP contribution in [-0.4, -0.2) is 96.2 Å². The summed E-state index contributed by atoms with van der Waals surface area (Å²) in [5.41, 5.74) is 2.43. The second kappa shape index (κ2) is 16.2. The summed E-state index contributed by atoms with van der Waals surface area (Å²) in [6.45, 7) is 6.33. The number of hydrogen-bond donors (Lipinski definition) is 3. The normalized spacial score (nSPS) is 15.0. The number of halogens is 9. The highest BCUT2D eigenvalue weighted by Gasteiger charge is 2.39. The summed E-state index contributed by atoms with van der Waals surface area (Å²) in [7, 11) is 2.14. The predicted octanol–water partition coefficient (Wildman–Crippen LogP) is 4.04. The molecule has 3 heterocycles. The van der Waals surface area contributed by atoms with Crippen LogP contribution < -0.4 is 0 Å². The number of pyridine rings is 1. The van der Waals surface area contributed by atoms with Gasteiger partial charge in [-0.1, -0.05) is 6.07 Å². The van der Waals surface area contributed by atoms with Crippen molar-refractivity contribution in [2.45, 2.75) is 57.5 Å². The van der Waals surface area contributed by atoms with Gasteiger partial charge < -0.3 is 19.9 Å². The van der Waals surface area contributed by atoms with Crippen molar-refractivity contribution in [3.8, 4) is 0 Å². The van der Waals surface area contributed by atoms with Gasteiger partial charge in [-0.3, -0.25) is 14.8 Å². The first-order valence-electron chi connectivity index (χ1n) is 12.3. The molecule has 0 saturated heterocycles. The molecule has 2 aromatic heterocycles. The summed E-state index contributed by atoms with van der Waals surface area (Å²) in [4.78, 5) is 40.6. The maximum atomic E-state index is 10.6. The van der Waals surface area contributed by atoms with Crippen molar-refractivity contribution < 1.29 is 69.2 Å². The highest BCUT2D eigenvalue weighted by Crippen LogP contribution is 2.30. The van der Waals surface area contributed by atoms with E-state index in [1.54, 1.807) is 0 Å². The predicted molar refractivity (Wildman–Crippen MR) is 131 cm³/mol. The van der Waals surface area contributed by atoms with Crippen LogP contribution in [0.15, 0.2) is 30.7 Å². The van der Waals surface area contributed by atoms with Gasteiger partial charge in [0.25, 0.3) is 0 Å². The van der Waals surface area contributed by atoms with Gasteiger partial charge in [0, 0.05) is 51.3 Å². The fourth-order valence-electron chi connectivity index (χ4n) is 3.39. The summed E-state index contributed by atoms with van der Waals surface area (Å²) in [5.74, 6) is -6.07. The standard InChI is InChI=1S/C18H25N5.3C2HF3O2/c1-21(10-16-3-2-6-19-9-16)12-17-13-23-8-7-22(11-15-4-5-15)14-18(23)20-17;3*3-2(4,5)1(6)7/h2-3,6,9,13,15H,4-5,7-8,10-12,14H2,1H3;3*(H,6,7). The molecule has 0 bridgehead atoms. The Balaban J connectivity index is 0.000000379. The van der Waals surface area contributed by atoms with Crippen molar-refractivity contribution in [3.05, 3.63) is 47.8 Å². The second-order valence-electron chi connectivity index (χ2n) is 9.46. The molecule has 0 aromatic carbocycles. The lowest BCUT2D eigenvalue weighted by atomic mass is 10.2. The molecule has 0 atom stereocenters. The van der Waals surface area contributed by atoms with E-state index in [4.69, 9.17) is 34.7 Å². The summed E-state index contributed by atoms with van der Waals surface area (Å²) >= 11 is 0. The molecule has 0 amide bonds. The zero-order valence-corrected chi connectivity index (χ0v) is 22.8. The van der Waals surface area contributed by atoms with E-state index in [0.29, 0.717) is 0 Å². The van der Waals surface area contributed by atoms with Crippen LogP contribution in [0.25, 0.3) is 0 Å². The quantitative estimate of drug-likeness (QED) is 0.390. The number of carboxylic acid groups (broad SMARTS) is 3. The van der Waals surface area contributed by atoms with Gasteiger partial charge in [-0.2, -0.15) is 39.5 Å². The van der Waals surface area contributed by atoms with Crippen LogP contribution in [0.1, 0.15) is 29.9 Å². The number of alkyl halides is 9. The average molecular weight is 653 g/mol. The van der Waals surface area contributed by atoms with Crippen LogP contribution in [0.3, 0.4) is 0 Å². The third-order valence-corrected chi connectivity index (χ3v) is 5.48. The third-order valence-electron chi connectivity index (χ3n) is 5.48. The zero-order chi connectivity index (χ0) is 33.9. The van der Waals surface area contributed by atoms with E-state index >= 15 is 0 Å². The number of hydrogen-bond acceptors (Lipinski definition) is 7. The number of fused-ring (bicyclic) bond motifs is 1. The van der Waals surface area contributed by atoms with E-state index in [2.05, 4.69) is 38.7 Å². The molecule has 0 radical (unpaired) electrons. The maximum Gasteiger partial charge on any atom is 0.490 e. The largest absolute Gasteiger partial charge is 0.490 e. The SMILES string of the molecule is CN(Cc1cccnc1)Cc1cn2c(n1)CN(CC1CC1)CC2.O=C(O)C(F)(F)F.O=C(O)C(F)(F)F.O=C(O)C(F)(F)F. The van der Waals surface area contributed by atoms with Gasteiger partial charge in [0.2, 0.25) is 0 Å². The van der Waals surface area contributed by atoms with Crippen molar-refractivity contribution in [1.82, 2.24) is 24.3 Å². The zero-order valence-electron chi connectivity index (χ0n) is 22.8. The van der Waals surface area contributed by atoms with E-state index in [-0.39, 0.29) is 0 Å². The van der Waals surface area contributed by atoms with Crippen LogP contribution in [0.4, 0.5) is 39.5 Å². The van der Waals surface area contributed by atoms with Crippen LogP contribution in [-0.2, 0) is 40.6 Å². The molecule has 1 saturated carbocycles. The molecule has 3 N–H and O–H groups in total. The van der Waals surface area contributed by atoms with Gasteiger partial charge in [-0.25, -0.2) is 19.4 Å². The van der Waals surface area contributed by atoms with Crippen molar-refractivity contribution in [1.29, 1.82) is 0 Å². The summed E-state index contributed by atoms with van der Waals surface area (Å²) in [6, 6.07) is 4.12. The average Bonchev–Trinajstić information content (AvgIpc) is 3.60. The van der Waals surface area contributed by atoms with Crippen LogP contribution in [0.2, 0.25) is 0 Å². The summed E-state index contributed by atoms with van der Waals surface area (Å²) in [6.07, 6.45) is -6.40. The van der Waals surface area contributed by atoms with E-state index < -0.39 is 36.4 Å². The molecule has 1 fully saturated rings. The second-order valence-corrected chi connectivity index (χ2v) is 9.46. The first kappa shape index (κ1) is 38.1. The Morgan fingerprint density at radius 2 is 1.39 bits per heavy atom. The van der Waals surface area contributed by atoms with Gasteiger partial charge in [0.15, 0.2) is 0 Å². The number of rotatable bonds is 6. The fraction of sp³-hybridized carbons (Fsp3) is 0.542. The number of aliphatic carboxylic acids is 3. The minimum absolute atomic E-state index is 0.886. The lowest BCUT2D eigenvalue weighted by Gasteiger charge is -2.27.